The molecular formula is C12H8Cl2F3N5O4S. The molecule has 0 saturated heterocycles. The number of nitrogens with zero attached hydrogens (tertiary/aromatic N) is 4. The third kappa shape index (κ3) is 3.89. The molecular weight excluding hydrogens is 438 g/mol. The number of thioether (sulfide) groups is 1. The summed E-state index contributed by atoms with van der Waals surface area (Å²) in [5.41, 5.74) is -0.637. The van der Waals surface area contributed by atoms with Crippen LogP contribution in [0.4, 0.5) is 30.2 Å². The summed E-state index contributed by atoms with van der Waals surface area (Å²) in [4.78, 5) is 25.2. The van der Waals surface area contributed by atoms with Gasteiger partial charge < -0.3 is 5.73 Å². The maximum absolute atomic E-state index is 13.2. The number of nitrogens with two attached hydrogens (primary N) is 1. The van der Waals surface area contributed by atoms with Crippen LogP contribution in [0.15, 0.2) is 22.3 Å². The van der Waals surface area contributed by atoms with Gasteiger partial charge in [-0.15, -0.1) is 11.8 Å². The van der Waals surface area contributed by atoms with Crippen LogP contribution < -0.4 is 10.6 Å². The SMILES string of the molecule is CSC1N=C(N)C=C(Cl)N1c1c([N+](=O)[O-])cc(C(F)(F)F)c(Cl)c1[N+](=O)[O-]. The fourth-order valence-electron chi connectivity index (χ4n) is 2.27. The third-order valence-electron chi connectivity index (χ3n) is 3.31. The molecule has 0 aliphatic carbocycles. The molecule has 0 aromatic heterocycles. The quantitative estimate of drug-likeness (QED) is 0.419. The van der Waals surface area contributed by atoms with Crippen LogP contribution in [0.3, 0.4) is 0 Å². The molecule has 0 bridgehead atoms. The molecule has 1 aromatic carbocycles. The number of hydrogen-bond acceptors (Lipinski definition) is 8. The van der Waals surface area contributed by atoms with E-state index in [0.717, 1.165) is 22.7 Å². The second-order valence-electron chi connectivity index (χ2n) is 4.92. The number of alkyl halides is 3. The highest BCUT2D eigenvalue weighted by Crippen LogP contribution is 2.51. The van der Waals surface area contributed by atoms with Gasteiger partial charge in [-0.3, -0.25) is 25.1 Å². The molecule has 2 N–H and O–H groups in total. The van der Waals surface area contributed by atoms with Gasteiger partial charge in [0.25, 0.3) is 0 Å². The normalized spacial score (nSPS) is 17.4. The predicted octanol–water partition coefficient (Wildman–Crippen LogP) is 4.08. The van der Waals surface area contributed by atoms with Gasteiger partial charge in [0.1, 0.15) is 16.0 Å². The van der Waals surface area contributed by atoms with E-state index in [-0.39, 0.29) is 17.1 Å². The number of rotatable bonds is 4. The van der Waals surface area contributed by atoms with Crippen molar-refractivity contribution < 1.29 is 23.0 Å². The Hall–Kier alpha value is -2.25. The van der Waals surface area contributed by atoms with E-state index in [9.17, 15) is 33.4 Å². The van der Waals surface area contributed by atoms with Crippen LogP contribution in [0.2, 0.25) is 5.02 Å². The van der Waals surface area contributed by atoms with Crippen molar-refractivity contribution in [1.29, 1.82) is 0 Å². The molecule has 9 nitrogen and oxygen atoms in total. The number of halogens is 5. The molecule has 0 amide bonds. The monoisotopic (exact) mass is 445 g/mol. The summed E-state index contributed by atoms with van der Waals surface area (Å²) in [6, 6.07) is 0.119. The van der Waals surface area contributed by atoms with E-state index in [0.29, 0.717) is 0 Å². The Balaban J connectivity index is 2.94. The summed E-state index contributed by atoms with van der Waals surface area (Å²) in [6.07, 6.45) is -2.62. The summed E-state index contributed by atoms with van der Waals surface area (Å²) in [5, 5.41) is 21.3. The number of benzene rings is 1. The maximum atomic E-state index is 13.2. The highest BCUT2D eigenvalue weighted by molar-refractivity contribution is 7.99. The molecule has 2 rings (SSSR count). The van der Waals surface area contributed by atoms with E-state index < -0.39 is 49.2 Å². The minimum atomic E-state index is -5.16. The number of hydrogen-bond donors (Lipinski definition) is 1. The lowest BCUT2D eigenvalue weighted by atomic mass is 10.1. The molecule has 0 radical (unpaired) electrons. The van der Waals surface area contributed by atoms with Gasteiger partial charge in [0.15, 0.2) is 5.50 Å². The lowest BCUT2D eigenvalue weighted by molar-refractivity contribution is -0.392. The zero-order chi connectivity index (χ0) is 20.7. The van der Waals surface area contributed by atoms with Crippen LogP contribution in [-0.2, 0) is 6.18 Å². The van der Waals surface area contributed by atoms with Gasteiger partial charge in [0.2, 0.25) is 5.69 Å². The van der Waals surface area contributed by atoms with Crippen molar-refractivity contribution in [2.24, 2.45) is 10.7 Å². The smallest absolute Gasteiger partial charge is 0.384 e. The first-order valence-corrected chi connectivity index (χ1v) is 8.69. The zero-order valence-electron chi connectivity index (χ0n) is 13.0. The first-order chi connectivity index (χ1) is 12.4. The summed E-state index contributed by atoms with van der Waals surface area (Å²) < 4.78 is 39.5. The molecule has 146 valence electrons. The van der Waals surface area contributed by atoms with Crippen LogP contribution in [0, 0.1) is 20.2 Å². The predicted molar refractivity (Wildman–Crippen MR) is 95.1 cm³/mol. The minimum absolute atomic E-state index is 0.0704. The van der Waals surface area contributed by atoms with Crippen LogP contribution in [0.25, 0.3) is 0 Å². The minimum Gasteiger partial charge on any atom is -0.384 e. The van der Waals surface area contributed by atoms with Crippen molar-refractivity contribution in [3.05, 3.63) is 48.1 Å². The molecule has 15 heteroatoms. The molecule has 1 atom stereocenters. The lowest BCUT2D eigenvalue weighted by Crippen LogP contribution is -2.36. The van der Waals surface area contributed by atoms with E-state index in [1.807, 2.05) is 0 Å². The van der Waals surface area contributed by atoms with Crippen LogP contribution in [0.1, 0.15) is 5.56 Å². The van der Waals surface area contributed by atoms with Crippen molar-refractivity contribution in [2.45, 2.75) is 11.7 Å². The van der Waals surface area contributed by atoms with Crippen LogP contribution >= 0.6 is 35.0 Å². The maximum Gasteiger partial charge on any atom is 0.418 e. The summed E-state index contributed by atoms with van der Waals surface area (Å²) in [5.74, 6) is -0.0704. The van der Waals surface area contributed by atoms with E-state index >= 15 is 0 Å². The Morgan fingerprint density at radius 2 is 1.89 bits per heavy atom. The molecule has 1 aromatic rings. The Kier molecular flexibility index (Phi) is 5.77. The highest BCUT2D eigenvalue weighted by atomic mass is 35.5. The van der Waals surface area contributed by atoms with Gasteiger partial charge in [0.05, 0.1) is 15.4 Å². The van der Waals surface area contributed by atoms with E-state index in [2.05, 4.69) is 4.99 Å². The molecule has 1 heterocycles. The van der Waals surface area contributed by atoms with Gasteiger partial charge >= 0.3 is 17.6 Å². The van der Waals surface area contributed by atoms with Crippen molar-refractivity contribution in [1.82, 2.24) is 0 Å². The lowest BCUT2D eigenvalue weighted by Gasteiger charge is -2.31. The van der Waals surface area contributed by atoms with Gasteiger partial charge in [-0.25, -0.2) is 4.99 Å². The average molecular weight is 446 g/mol. The number of aliphatic imine (C=N–C) groups is 1. The van der Waals surface area contributed by atoms with E-state index in [1.165, 1.54) is 6.26 Å². The van der Waals surface area contributed by atoms with Gasteiger partial charge in [0, 0.05) is 12.1 Å². The third-order valence-corrected chi connectivity index (χ3v) is 4.72. The largest absolute Gasteiger partial charge is 0.418 e. The molecule has 0 saturated carbocycles. The Morgan fingerprint density at radius 1 is 1.30 bits per heavy atom. The Bertz CT molecular complexity index is 893. The molecule has 0 fully saturated rings. The zero-order valence-corrected chi connectivity index (χ0v) is 15.4. The second kappa shape index (κ2) is 7.40. The van der Waals surface area contributed by atoms with E-state index in [4.69, 9.17) is 28.9 Å². The first kappa shape index (κ1) is 21.1. The van der Waals surface area contributed by atoms with Crippen molar-refractivity contribution in [2.75, 3.05) is 11.2 Å². The van der Waals surface area contributed by atoms with Gasteiger partial charge in [-0.2, -0.15) is 13.2 Å². The van der Waals surface area contributed by atoms with Crippen molar-refractivity contribution >= 4 is 57.9 Å². The van der Waals surface area contributed by atoms with Gasteiger partial charge in [-0.1, -0.05) is 23.2 Å². The molecule has 1 aliphatic heterocycles. The standard InChI is InChI=1S/C12H8Cl2F3N5O4S/c1-27-11-19-7(18)3-6(13)20(11)9-5(21(23)24)2-4(12(15,16)17)8(14)10(9)22(25)26/h2-3,11H,1H3,(H2,18,19). The number of amidine groups is 1. The first-order valence-electron chi connectivity index (χ1n) is 6.65. The highest BCUT2D eigenvalue weighted by Gasteiger charge is 2.45. The fraction of sp³-hybridized carbons (Fsp3) is 0.250. The number of nitro groups is 2. The molecule has 0 spiro atoms. The Morgan fingerprint density at radius 3 is 2.33 bits per heavy atom. The molecule has 1 aliphatic rings. The molecule has 1 unspecified atom stereocenters. The summed E-state index contributed by atoms with van der Waals surface area (Å²) in [6.45, 7) is 0. The van der Waals surface area contributed by atoms with E-state index in [1.54, 1.807) is 0 Å². The number of nitro benzene ring substituents is 2. The summed E-state index contributed by atoms with van der Waals surface area (Å²) >= 11 is 12.6. The van der Waals surface area contributed by atoms with Gasteiger partial charge in [-0.05, 0) is 6.26 Å². The fourth-order valence-corrected chi connectivity index (χ4v) is 3.59. The average Bonchev–Trinajstić information content (AvgIpc) is 2.51. The molecule has 27 heavy (non-hydrogen) atoms. The number of anilines is 1. The Labute approximate surface area is 162 Å². The summed E-state index contributed by atoms with van der Waals surface area (Å²) in [7, 11) is 0. The van der Waals surface area contributed by atoms with Crippen LogP contribution in [-0.4, -0.2) is 27.4 Å². The van der Waals surface area contributed by atoms with Crippen molar-refractivity contribution in [3.63, 3.8) is 0 Å². The van der Waals surface area contributed by atoms with Crippen molar-refractivity contribution in [3.8, 4) is 0 Å². The van der Waals surface area contributed by atoms with Crippen LogP contribution in [0.5, 0.6) is 0 Å². The topological polar surface area (TPSA) is 128 Å². The second-order valence-corrected chi connectivity index (χ2v) is 6.58.